The van der Waals surface area contributed by atoms with Crippen LogP contribution in [-0.2, 0) is 10.0 Å². The second-order valence-electron chi connectivity index (χ2n) is 5.40. The van der Waals surface area contributed by atoms with Crippen molar-refractivity contribution in [3.8, 4) is 0 Å². The summed E-state index contributed by atoms with van der Waals surface area (Å²) in [6, 6.07) is 4.71. The van der Waals surface area contributed by atoms with E-state index >= 15 is 0 Å². The van der Waals surface area contributed by atoms with Gasteiger partial charge in [0.2, 0.25) is 10.0 Å². The summed E-state index contributed by atoms with van der Waals surface area (Å²) < 4.78 is 27.3. The summed E-state index contributed by atoms with van der Waals surface area (Å²) in [5, 5.41) is 0. The number of sulfonamides is 1. The molecule has 0 spiro atoms. The normalized spacial score (nSPS) is 19.6. The van der Waals surface area contributed by atoms with Crippen LogP contribution in [0.4, 0.5) is 0 Å². The molecule has 114 valence electrons. The zero-order valence-corrected chi connectivity index (χ0v) is 14.0. The van der Waals surface area contributed by atoms with E-state index in [9.17, 15) is 13.2 Å². The minimum atomic E-state index is -3.48. The second kappa shape index (κ2) is 5.70. The van der Waals surface area contributed by atoms with Crippen LogP contribution in [0.15, 0.2) is 27.6 Å². The fourth-order valence-corrected chi connectivity index (χ4v) is 4.56. The summed E-state index contributed by atoms with van der Waals surface area (Å²) in [7, 11) is -3.48. The molecule has 0 unspecified atom stereocenters. The number of likely N-dealkylation sites (tertiary alicyclic amines) is 1. The van der Waals surface area contributed by atoms with Crippen molar-refractivity contribution in [2.75, 3.05) is 26.2 Å². The lowest BCUT2D eigenvalue weighted by Crippen LogP contribution is -2.42. The monoisotopic (exact) mass is 372 g/mol. The molecule has 0 aromatic heterocycles. The SMILES string of the molecule is O=C(c1cc(S(=O)(=O)N2CCCC2)ccc1Br)N1CCC1. The molecule has 0 bridgehead atoms. The molecule has 0 radical (unpaired) electrons. The zero-order chi connectivity index (χ0) is 15.0. The quantitative estimate of drug-likeness (QED) is 0.815. The number of nitrogens with zero attached hydrogens (tertiary/aromatic N) is 2. The summed E-state index contributed by atoms with van der Waals surface area (Å²) in [6.07, 6.45) is 2.81. The van der Waals surface area contributed by atoms with Gasteiger partial charge in [0.25, 0.3) is 5.91 Å². The molecular weight excluding hydrogens is 356 g/mol. The summed E-state index contributed by atoms with van der Waals surface area (Å²) >= 11 is 3.35. The highest BCUT2D eigenvalue weighted by atomic mass is 79.9. The number of hydrogen-bond donors (Lipinski definition) is 0. The Bertz CT molecular complexity index is 665. The molecule has 1 aromatic carbocycles. The predicted octanol–water partition coefficient (Wildman–Crippen LogP) is 2.08. The van der Waals surface area contributed by atoms with Crippen LogP contribution in [0.1, 0.15) is 29.6 Å². The Balaban J connectivity index is 1.95. The molecule has 2 aliphatic rings. The number of halogens is 1. The van der Waals surface area contributed by atoms with Gasteiger partial charge in [-0.25, -0.2) is 8.42 Å². The maximum absolute atomic E-state index is 12.6. The molecule has 7 heteroatoms. The lowest BCUT2D eigenvalue weighted by atomic mass is 10.1. The molecule has 2 saturated heterocycles. The second-order valence-corrected chi connectivity index (χ2v) is 8.19. The van der Waals surface area contributed by atoms with Gasteiger partial charge in [-0.3, -0.25) is 4.79 Å². The van der Waals surface area contributed by atoms with Crippen molar-refractivity contribution in [1.82, 2.24) is 9.21 Å². The van der Waals surface area contributed by atoms with Gasteiger partial charge in [-0.15, -0.1) is 0 Å². The first-order chi connectivity index (χ1) is 10.00. The minimum absolute atomic E-state index is 0.105. The van der Waals surface area contributed by atoms with E-state index in [2.05, 4.69) is 15.9 Å². The fraction of sp³-hybridized carbons (Fsp3) is 0.500. The Morgan fingerprint density at radius 3 is 2.29 bits per heavy atom. The largest absolute Gasteiger partial charge is 0.338 e. The Kier molecular flexibility index (Phi) is 4.07. The van der Waals surface area contributed by atoms with Crippen LogP contribution < -0.4 is 0 Å². The first-order valence-electron chi connectivity index (χ1n) is 7.09. The molecule has 0 N–H and O–H groups in total. The van der Waals surface area contributed by atoms with Crippen molar-refractivity contribution in [3.05, 3.63) is 28.2 Å². The number of hydrogen-bond acceptors (Lipinski definition) is 3. The highest BCUT2D eigenvalue weighted by Crippen LogP contribution is 2.27. The molecule has 21 heavy (non-hydrogen) atoms. The van der Waals surface area contributed by atoms with E-state index in [1.54, 1.807) is 17.0 Å². The van der Waals surface area contributed by atoms with Crippen molar-refractivity contribution in [1.29, 1.82) is 0 Å². The molecule has 1 amide bonds. The minimum Gasteiger partial charge on any atom is -0.338 e. The number of carbonyl (C=O) groups is 1. The van der Waals surface area contributed by atoms with Gasteiger partial charge in [0.05, 0.1) is 10.5 Å². The highest BCUT2D eigenvalue weighted by Gasteiger charge is 2.29. The van der Waals surface area contributed by atoms with Crippen LogP contribution in [0.25, 0.3) is 0 Å². The Labute approximate surface area is 133 Å². The molecule has 1 aromatic rings. The zero-order valence-electron chi connectivity index (χ0n) is 11.6. The van der Waals surface area contributed by atoms with Gasteiger partial charge in [-0.2, -0.15) is 4.31 Å². The third-order valence-corrected chi connectivity index (χ3v) is 6.60. The lowest BCUT2D eigenvalue weighted by molar-refractivity contribution is 0.0650. The molecule has 0 aliphatic carbocycles. The average molecular weight is 373 g/mol. The van der Waals surface area contributed by atoms with E-state index in [0.29, 0.717) is 23.1 Å². The van der Waals surface area contributed by atoms with Crippen LogP contribution >= 0.6 is 15.9 Å². The summed E-state index contributed by atoms with van der Waals surface area (Å²) in [6.45, 7) is 2.62. The van der Waals surface area contributed by atoms with Crippen molar-refractivity contribution >= 4 is 31.9 Å². The summed E-state index contributed by atoms with van der Waals surface area (Å²) in [5.74, 6) is -0.105. The molecule has 3 rings (SSSR count). The van der Waals surface area contributed by atoms with Crippen molar-refractivity contribution in [3.63, 3.8) is 0 Å². The summed E-state index contributed by atoms with van der Waals surface area (Å²) in [4.78, 5) is 14.3. The van der Waals surface area contributed by atoms with Crippen LogP contribution in [0, 0.1) is 0 Å². The third kappa shape index (κ3) is 2.74. The molecule has 2 fully saturated rings. The van der Waals surface area contributed by atoms with Crippen LogP contribution in [0.2, 0.25) is 0 Å². The lowest BCUT2D eigenvalue weighted by Gasteiger charge is -2.31. The standard InChI is InChI=1S/C14H17BrN2O3S/c15-13-5-4-11(21(19,20)17-8-1-2-9-17)10-12(13)14(18)16-6-3-7-16/h4-5,10H,1-3,6-9H2. The van der Waals surface area contributed by atoms with E-state index < -0.39 is 10.0 Å². The molecule has 2 heterocycles. The molecule has 0 atom stereocenters. The molecule has 5 nitrogen and oxygen atoms in total. The van der Waals surface area contributed by atoms with E-state index in [1.807, 2.05) is 0 Å². The fourth-order valence-electron chi connectivity index (χ4n) is 2.60. The number of carbonyl (C=O) groups excluding carboxylic acids is 1. The van der Waals surface area contributed by atoms with Gasteiger partial charge >= 0.3 is 0 Å². The van der Waals surface area contributed by atoms with Gasteiger partial charge < -0.3 is 4.90 Å². The molecule has 0 saturated carbocycles. The van der Waals surface area contributed by atoms with E-state index in [4.69, 9.17) is 0 Å². The Hall–Kier alpha value is -0.920. The number of rotatable bonds is 3. The van der Waals surface area contributed by atoms with Gasteiger partial charge in [0.15, 0.2) is 0 Å². The first kappa shape index (κ1) is 15.0. The average Bonchev–Trinajstić information content (AvgIpc) is 2.91. The predicted molar refractivity (Wildman–Crippen MR) is 82.7 cm³/mol. The van der Waals surface area contributed by atoms with Gasteiger partial charge in [0, 0.05) is 30.7 Å². The van der Waals surface area contributed by atoms with Gasteiger partial charge in [-0.05, 0) is 53.4 Å². The van der Waals surface area contributed by atoms with Crippen molar-refractivity contribution < 1.29 is 13.2 Å². The third-order valence-electron chi connectivity index (χ3n) is 4.01. The highest BCUT2D eigenvalue weighted by molar-refractivity contribution is 9.10. The number of benzene rings is 1. The van der Waals surface area contributed by atoms with Crippen LogP contribution in [0.3, 0.4) is 0 Å². The van der Waals surface area contributed by atoms with E-state index in [1.165, 1.54) is 10.4 Å². The van der Waals surface area contributed by atoms with Crippen molar-refractivity contribution in [2.45, 2.75) is 24.2 Å². The van der Waals surface area contributed by atoms with E-state index in [0.717, 1.165) is 32.4 Å². The maximum Gasteiger partial charge on any atom is 0.255 e. The Morgan fingerprint density at radius 1 is 1.05 bits per heavy atom. The van der Waals surface area contributed by atoms with Crippen LogP contribution in [0.5, 0.6) is 0 Å². The Morgan fingerprint density at radius 2 is 1.71 bits per heavy atom. The maximum atomic E-state index is 12.6. The topological polar surface area (TPSA) is 57.7 Å². The van der Waals surface area contributed by atoms with Gasteiger partial charge in [0.1, 0.15) is 0 Å². The summed E-state index contributed by atoms with van der Waals surface area (Å²) in [5.41, 5.74) is 0.426. The van der Waals surface area contributed by atoms with E-state index in [-0.39, 0.29) is 10.8 Å². The van der Waals surface area contributed by atoms with Gasteiger partial charge in [-0.1, -0.05) is 0 Å². The molecule has 2 aliphatic heterocycles. The van der Waals surface area contributed by atoms with Crippen LogP contribution in [-0.4, -0.2) is 49.7 Å². The van der Waals surface area contributed by atoms with Crippen molar-refractivity contribution in [2.24, 2.45) is 0 Å². The smallest absolute Gasteiger partial charge is 0.255 e. The number of amides is 1. The first-order valence-corrected chi connectivity index (χ1v) is 9.32. The molecular formula is C14H17BrN2O3S.